The van der Waals surface area contributed by atoms with Gasteiger partial charge in [0.05, 0.1) is 0 Å². The Morgan fingerprint density at radius 1 is 1.29 bits per heavy atom. The monoisotopic (exact) mass is 252 g/mol. The summed E-state index contributed by atoms with van der Waals surface area (Å²) >= 11 is 6.10. The van der Waals surface area contributed by atoms with Gasteiger partial charge in [-0.3, -0.25) is 0 Å². The zero-order valence-corrected chi connectivity index (χ0v) is 12.0. The minimum Gasteiger partial charge on any atom is -0.387 e. The molecular formula is C14H21ClN2. The van der Waals surface area contributed by atoms with Gasteiger partial charge < -0.3 is 10.6 Å². The minimum absolute atomic E-state index is 0.0156. The average molecular weight is 253 g/mol. The van der Waals surface area contributed by atoms with Crippen molar-refractivity contribution in [1.82, 2.24) is 5.32 Å². The molecule has 0 aliphatic carbocycles. The highest BCUT2D eigenvalue weighted by Gasteiger charge is 2.14. The molecule has 0 saturated carbocycles. The molecule has 0 unspecified atom stereocenters. The molecule has 3 heteroatoms. The van der Waals surface area contributed by atoms with Crippen LogP contribution < -0.4 is 10.6 Å². The number of nitrogens with one attached hydrogen (secondary N) is 2. The fourth-order valence-electron chi connectivity index (χ4n) is 1.83. The van der Waals surface area contributed by atoms with Crippen LogP contribution in [0.1, 0.15) is 31.9 Å². The summed E-state index contributed by atoms with van der Waals surface area (Å²) in [7, 11) is 1.91. The topological polar surface area (TPSA) is 24.1 Å². The first-order valence-electron chi connectivity index (χ1n) is 5.70. The summed E-state index contributed by atoms with van der Waals surface area (Å²) in [6.07, 6.45) is 0. The molecular weight excluding hydrogens is 232 g/mol. The molecule has 0 amide bonds. The number of aryl methyl sites for hydroxylation is 1. The highest BCUT2D eigenvalue weighted by molar-refractivity contribution is 6.31. The lowest BCUT2D eigenvalue weighted by atomic mass is 10.0. The summed E-state index contributed by atoms with van der Waals surface area (Å²) in [5, 5.41) is 7.30. The predicted molar refractivity (Wildman–Crippen MR) is 77.7 cm³/mol. The summed E-state index contributed by atoms with van der Waals surface area (Å²) in [6.45, 7) is 12.4. The van der Waals surface area contributed by atoms with E-state index in [1.807, 2.05) is 26.1 Å². The van der Waals surface area contributed by atoms with E-state index in [0.717, 1.165) is 27.5 Å². The van der Waals surface area contributed by atoms with Crippen molar-refractivity contribution in [1.29, 1.82) is 0 Å². The van der Waals surface area contributed by atoms with Crippen molar-refractivity contribution in [2.24, 2.45) is 0 Å². The van der Waals surface area contributed by atoms with Gasteiger partial charge in [-0.05, 0) is 45.4 Å². The number of rotatable bonds is 3. The summed E-state index contributed by atoms with van der Waals surface area (Å²) in [4.78, 5) is 0. The van der Waals surface area contributed by atoms with Gasteiger partial charge in [0.25, 0.3) is 0 Å². The molecule has 2 nitrogen and oxygen atoms in total. The zero-order valence-electron chi connectivity index (χ0n) is 11.2. The highest BCUT2D eigenvalue weighted by atomic mass is 35.5. The van der Waals surface area contributed by atoms with Crippen molar-refractivity contribution in [3.63, 3.8) is 0 Å². The first-order valence-corrected chi connectivity index (χ1v) is 6.08. The Balaban J connectivity index is 3.16. The third-order valence-corrected chi connectivity index (χ3v) is 2.62. The van der Waals surface area contributed by atoms with Gasteiger partial charge >= 0.3 is 0 Å². The van der Waals surface area contributed by atoms with Crippen molar-refractivity contribution >= 4 is 23.0 Å². The molecule has 0 bridgehead atoms. The standard InChI is InChI=1S/C14H21ClN2/c1-9-7-11(15)8-12(13(9)16-6)10(2)17-14(3,4)5/h7-8,16-17H,2H2,1,3-6H3. The lowest BCUT2D eigenvalue weighted by Gasteiger charge is -2.25. The lowest BCUT2D eigenvalue weighted by Crippen LogP contribution is -2.34. The van der Waals surface area contributed by atoms with E-state index in [4.69, 9.17) is 11.6 Å². The van der Waals surface area contributed by atoms with Crippen molar-refractivity contribution in [3.8, 4) is 0 Å². The highest BCUT2D eigenvalue weighted by Crippen LogP contribution is 2.29. The van der Waals surface area contributed by atoms with Crippen LogP contribution in [-0.2, 0) is 0 Å². The van der Waals surface area contributed by atoms with Gasteiger partial charge in [-0.1, -0.05) is 18.2 Å². The normalized spacial score (nSPS) is 11.2. The second-order valence-corrected chi connectivity index (χ2v) is 5.69. The molecule has 0 aliphatic heterocycles. The van der Waals surface area contributed by atoms with Crippen LogP contribution in [-0.4, -0.2) is 12.6 Å². The third kappa shape index (κ3) is 3.67. The van der Waals surface area contributed by atoms with Gasteiger partial charge in [-0.2, -0.15) is 0 Å². The predicted octanol–water partition coefficient (Wildman–Crippen LogP) is 4.05. The van der Waals surface area contributed by atoms with E-state index >= 15 is 0 Å². The van der Waals surface area contributed by atoms with Crippen LogP contribution in [0.3, 0.4) is 0 Å². The maximum atomic E-state index is 6.10. The van der Waals surface area contributed by atoms with Crippen molar-refractivity contribution in [2.75, 3.05) is 12.4 Å². The average Bonchev–Trinajstić information content (AvgIpc) is 2.13. The number of benzene rings is 1. The number of anilines is 1. The molecule has 0 atom stereocenters. The van der Waals surface area contributed by atoms with Crippen LogP contribution in [0.25, 0.3) is 5.70 Å². The molecule has 0 spiro atoms. The van der Waals surface area contributed by atoms with E-state index in [2.05, 4.69) is 38.0 Å². The molecule has 1 aromatic rings. The SMILES string of the molecule is C=C(NC(C)(C)C)c1cc(Cl)cc(C)c1NC. The van der Waals surface area contributed by atoms with Crippen LogP contribution in [0.2, 0.25) is 5.02 Å². The van der Waals surface area contributed by atoms with Gasteiger partial charge in [-0.15, -0.1) is 0 Å². The van der Waals surface area contributed by atoms with Crippen LogP contribution in [0.4, 0.5) is 5.69 Å². The van der Waals surface area contributed by atoms with Gasteiger partial charge in [0.1, 0.15) is 0 Å². The Morgan fingerprint density at radius 2 is 1.88 bits per heavy atom. The molecule has 0 heterocycles. The summed E-state index contributed by atoms with van der Waals surface area (Å²) in [5.41, 5.74) is 4.07. The first-order chi connectivity index (χ1) is 7.74. The second kappa shape index (κ2) is 5.01. The van der Waals surface area contributed by atoms with E-state index in [1.54, 1.807) is 0 Å². The third-order valence-electron chi connectivity index (χ3n) is 2.40. The smallest absolute Gasteiger partial charge is 0.0462 e. The van der Waals surface area contributed by atoms with Gasteiger partial charge in [0, 0.05) is 34.6 Å². The fraction of sp³-hybridized carbons (Fsp3) is 0.429. The van der Waals surface area contributed by atoms with E-state index in [-0.39, 0.29) is 5.54 Å². The molecule has 1 rings (SSSR count). The largest absolute Gasteiger partial charge is 0.387 e. The van der Waals surface area contributed by atoms with Gasteiger partial charge in [0.15, 0.2) is 0 Å². The van der Waals surface area contributed by atoms with Crippen LogP contribution >= 0.6 is 11.6 Å². The molecule has 0 radical (unpaired) electrons. The summed E-state index contributed by atoms with van der Waals surface area (Å²) in [5.74, 6) is 0. The van der Waals surface area contributed by atoms with Crippen LogP contribution in [0.5, 0.6) is 0 Å². The van der Waals surface area contributed by atoms with Gasteiger partial charge in [-0.25, -0.2) is 0 Å². The fourth-order valence-corrected chi connectivity index (χ4v) is 2.11. The quantitative estimate of drug-likeness (QED) is 0.848. The maximum Gasteiger partial charge on any atom is 0.0462 e. The molecule has 0 fully saturated rings. The second-order valence-electron chi connectivity index (χ2n) is 5.25. The van der Waals surface area contributed by atoms with Crippen LogP contribution in [0.15, 0.2) is 18.7 Å². The maximum absolute atomic E-state index is 6.10. The molecule has 0 saturated heterocycles. The van der Waals surface area contributed by atoms with E-state index < -0.39 is 0 Å². The molecule has 17 heavy (non-hydrogen) atoms. The Morgan fingerprint density at radius 3 is 2.35 bits per heavy atom. The van der Waals surface area contributed by atoms with E-state index in [1.165, 1.54) is 0 Å². The number of halogens is 1. The van der Waals surface area contributed by atoms with Crippen molar-refractivity contribution < 1.29 is 0 Å². The Hall–Kier alpha value is -1.15. The Labute approximate surface area is 109 Å². The van der Waals surface area contributed by atoms with Crippen molar-refractivity contribution in [3.05, 3.63) is 34.9 Å². The molecule has 2 N–H and O–H groups in total. The van der Waals surface area contributed by atoms with Gasteiger partial charge in [0.2, 0.25) is 0 Å². The van der Waals surface area contributed by atoms with Crippen LogP contribution in [0, 0.1) is 6.92 Å². The van der Waals surface area contributed by atoms with E-state index in [9.17, 15) is 0 Å². The Kier molecular flexibility index (Phi) is 4.10. The molecule has 1 aromatic carbocycles. The molecule has 0 aromatic heterocycles. The Bertz CT molecular complexity index is 431. The lowest BCUT2D eigenvalue weighted by molar-refractivity contribution is 0.502. The first kappa shape index (κ1) is 13.9. The zero-order chi connectivity index (χ0) is 13.2. The summed E-state index contributed by atoms with van der Waals surface area (Å²) < 4.78 is 0. The van der Waals surface area contributed by atoms with Crippen molar-refractivity contribution in [2.45, 2.75) is 33.2 Å². The molecule has 0 aliphatic rings. The minimum atomic E-state index is -0.0156. The number of hydrogen-bond donors (Lipinski definition) is 2. The molecule has 94 valence electrons. The van der Waals surface area contributed by atoms with E-state index in [0.29, 0.717) is 0 Å². The summed E-state index contributed by atoms with van der Waals surface area (Å²) in [6, 6.07) is 3.88. The number of hydrogen-bond acceptors (Lipinski definition) is 2.